The third-order valence-electron chi connectivity index (χ3n) is 3.23. The minimum atomic E-state index is -2.96. The highest BCUT2D eigenvalue weighted by Gasteiger charge is 2.25. The number of ether oxygens (including phenoxy) is 1. The number of likely N-dealkylation sites (tertiary alicyclic amines) is 1. The molecule has 1 aromatic heterocycles. The van der Waals surface area contributed by atoms with E-state index < -0.39 is 14.8 Å². The molecule has 1 aliphatic heterocycles. The molecule has 1 aromatic rings. The summed E-state index contributed by atoms with van der Waals surface area (Å²) in [4.78, 5) is 15.9. The summed E-state index contributed by atoms with van der Waals surface area (Å²) in [7, 11) is -2.96. The molecular formula is C12H17N3O5S. The lowest BCUT2D eigenvalue weighted by Gasteiger charge is -2.15. The van der Waals surface area contributed by atoms with Gasteiger partial charge in [0.05, 0.1) is 10.7 Å². The fourth-order valence-corrected chi connectivity index (χ4v) is 2.70. The normalized spacial score (nSPS) is 19.6. The summed E-state index contributed by atoms with van der Waals surface area (Å²) in [5.41, 5.74) is -0.0800. The molecule has 0 spiro atoms. The van der Waals surface area contributed by atoms with Crippen molar-refractivity contribution in [3.63, 3.8) is 0 Å². The molecule has 116 valence electrons. The van der Waals surface area contributed by atoms with Crippen LogP contribution in [0.1, 0.15) is 6.42 Å². The van der Waals surface area contributed by atoms with E-state index in [-0.39, 0.29) is 17.5 Å². The van der Waals surface area contributed by atoms with E-state index in [1.54, 1.807) is 0 Å². The molecule has 9 heteroatoms. The predicted octanol–water partition coefficient (Wildman–Crippen LogP) is 0.487. The molecule has 0 radical (unpaired) electrons. The number of hydrogen-bond acceptors (Lipinski definition) is 7. The van der Waals surface area contributed by atoms with Crippen LogP contribution >= 0.6 is 0 Å². The van der Waals surface area contributed by atoms with Gasteiger partial charge in [-0.3, -0.25) is 15.0 Å². The van der Waals surface area contributed by atoms with Crippen molar-refractivity contribution in [2.45, 2.75) is 12.5 Å². The highest BCUT2D eigenvalue weighted by molar-refractivity contribution is 7.90. The quantitative estimate of drug-likeness (QED) is 0.556. The first kappa shape index (κ1) is 15.6. The zero-order valence-corrected chi connectivity index (χ0v) is 12.5. The molecule has 0 aromatic carbocycles. The van der Waals surface area contributed by atoms with Gasteiger partial charge in [0, 0.05) is 38.0 Å². The Kier molecular flexibility index (Phi) is 4.73. The Morgan fingerprint density at radius 2 is 2.29 bits per heavy atom. The molecule has 0 unspecified atom stereocenters. The number of aromatic nitrogens is 1. The number of hydrogen-bond donors (Lipinski definition) is 0. The summed E-state index contributed by atoms with van der Waals surface area (Å²) in [6.07, 6.45) is 3.09. The Balaban J connectivity index is 1.83. The molecule has 0 saturated carbocycles. The molecule has 0 amide bonds. The lowest BCUT2D eigenvalue weighted by atomic mass is 10.3. The third-order valence-corrected chi connectivity index (χ3v) is 4.15. The van der Waals surface area contributed by atoms with Crippen molar-refractivity contribution in [2.75, 3.05) is 31.6 Å². The van der Waals surface area contributed by atoms with Crippen LogP contribution in [0.25, 0.3) is 0 Å². The summed E-state index contributed by atoms with van der Waals surface area (Å²) >= 11 is 0. The summed E-state index contributed by atoms with van der Waals surface area (Å²) in [6, 6.07) is 2.82. The van der Waals surface area contributed by atoms with E-state index in [1.807, 2.05) is 4.90 Å². The highest BCUT2D eigenvalue weighted by atomic mass is 32.2. The third kappa shape index (κ3) is 4.94. The van der Waals surface area contributed by atoms with Crippen LogP contribution in [0.2, 0.25) is 0 Å². The van der Waals surface area contributed by atoms with Crippen molar-refractivity contribution >= 4 is 15.5 Å². The molecule has 2 rings (SSSR count). The average Bonchev–Trinajstić information content (AvgIpc) is 2.84. The second kappa shape index (κ2) is 6.35. The van der Waals surface area contributed by atoms with Crippen molar-refractivity contribution in [1.82, 2.24) is 9.88 Å². The van der Waals surface area contributed by atoms with Gasteiger partial charge in [0.1, 0.15) is 22.1 Å². The minimum Gasteiger partial charge on any atom is -0.473 e. The van der Waals surface area contributed by atoms with Gasteiger partial charge in [0.2, 0.25) is 5.88 Å². The Labute approximate surface area is 122 Å². The van der Waals surface area contributed by atoms with Crippen LogP contribution in [-0.2, 0) is 9.84 Å². The van der Waals surface area contributed by atoms with E-state index in [4.69, 9.17) is 4.74 Å². The van der Waals surface area contributed by atoms with Crippen LogP contribution in [0.4, 0.5) is 5.69 Å². The number of nitrogens with zero attached hydrogens (tertiary/aromatic N) is 3. The Morgan fingerprint density at radius 3 is 2.86 bits per heavy atom. The molecule has 0 bridgehead atoms. The SMILES string of the molecule is CS(=O)(=O)CCN1CC[C@H](Oc2ccc([N+](=O)[O-])cn2)C1. The second-order valence-corrected chi connectivity index (χ2v) is 7.33. The molecular weight excluding hydrogens is 298 g/mol. The van der Waals surface area contributed by atoms with Gasteiger partial charge >= 0.3 is 0 Å². The van der Waals surface area contributed by atoms with Crippen molar-refractivity contribution in [3.05, 3.63) is 28.4 Å². The van der Waals surface area contributed by atoms with Gasteiger partial charge < -0.3 is 4.74 Å². The van der Waals surface area contributed by atoms with Gasteiger partial charge in [0.25, 0.3) is 5.69 Å². The zero-order chi connectivity index (χ0) is 15.5. The Bertz CT molecular complexity index is 602. The highest BCUT2D eigenvalue weighted by Crippen LogP contribution is 2.18. The Hall–Kier alpha value is -1.74. The largest absolute Gasteiger partial charge is 0.473 e. The van der Waals surface area contributed by atoms with Gasteiger partial charge in [-0.25, -0.2) is 13.4 Å². The molecule has 1 saturated heterocycles. The van der Waals surface area contributed by atoms with Crippen molar-refractivity contribution in [2.24, 2.45) is 0 Å². The molecule has 0 aliphatic carbocycles. The zero-order valence-electron chi connectivity index (χ0n) is 11.6. The maximum absolute atomic E-state index is 11.1. The van der Waals surface area contributed by atoms with Crippen LogP contribution < -0.4 is 4.74 Å². The topological polar surface area (TPSA) is 103 Å². The molecule has 0 N–H and O–H groups in total. The van der Waals surface area contributed by atoms with Crippen LogP contribution in [0, 0.1) is 10.1 Å². The van der Waals surface area contributed by atoms with Gasteiger partial charge in [-0.15, -0.1) is 0 Å². The van der Waals surface area contributed by atoms with Crippen LogP contribution in [0.15, 0.2) is 18.3 Å². The number of rotatable bonds is 6. The maximum Gasteiger partial charge on any atom is 0.287 e. The van der Waals surface area contributed by atoms with E-state index >= 15 is 0 Å². The molecule has 21 heavy (non-hydrogen) atoms. The molecule has 1 fully saturated rings. The molecule has 1 aliphatic rings. The number of pyridine rings is 1. The summed E-state index contributed by atoms with van der Waals surface area (Å²) in [5.74, 6) is 0.478. The van der Waals surface area contributed by atoms with E-state index in [9.17, 15) is 18.5 Å². The molecule has 8 nitrogen and oxygen atoms in total. The van der Waals surface area contributed by atoms with Gasteiger partial charge in [0.15, 0.2) is 0 Å². The number of sulfone groups is 1. The lowest BCUT2D eigenvalue weighted by Crippen LogP contribution is -2.29. The van der Waals surface area contributed by atoms with Crippen molar-refractivity contribution in [3.8, 4) is 5.88 Å². The maximum atomic E-state index is 11.1. The smallest absolute Gasteiger partial charge is 0.287 e. The standard InChI is InChI=1S/C12H17N3O5S/c1-21(18,19)7-6-14-5-4-11(9-14)20-12-3-2-10(8-13-12)15(16)17/h2-3,8,11H,4-7,9H2,1H3/t11-/m0/s1. The first-order valence-electron chi connectivity index (χ1n) is 6.51. The first-order chi connectivity index (χ1) is 9.83. The van der Waals surface area contributed by atoms with E-state index in [2.05, 4.69) is 4.98 Å². The number of nitro groups is 1. The summed E-state index contributed by atoms with van der Waals surface area (Å²) < 4.78 is 27.9. The first-order valence-corrected chi connectivity index (χ1v) is 8.57. The van der Waals surface area contributed by atoms with Gasteiger partial charge in [-0.1, -0.05) is 0 Å². The Morgan fingerprint density at radius 1 is 1.52 bits per heavy atom. The van der Waals surface area contributed by atoms with E-state index in [0.717, 1.165) is 19.2 Å². The predicted molar refractivity (Wildman–Crippen MR) is 76.1 cm³/mol. The summed E-state index contributed by atoms with van der Waals surface area (Å²) in [5, 5.41) is 10.5. The van der Waals surface area contributed by atoms with Gasteiger partial charge in [-0.05, 0) is 6.42 Å². The van der Waals surface area contributed by atoms with Crippen LogP contribution in [-0.4, -0.2) is 61.0 Å². The van der Waals surface area contributed by atoms with Crippen molar-refractivity contribution in [1.29, 1.82) is 0 Å². The van der Waals surface area contributed by atoms with Crippen LogP contribution in [0.3, 0.4) is 0 Å². The van der Waals surface area contributed by atoms with Gasteiger partial charge in [-0.2, -0.15) is 0 Å². The molecule has 1 atom stereocenters. The fraction of sp³-hybridized carbons (Fsp3) is 0.583. The minimum absolute atomic E-state index is 0.0708. The van der Waals surface area contributed by atoms with Crippen LogP contribution in [0.5, 0.6) is 5.88 Å². The summed E-state index contributed by atoms with van der Waals surface area (Å²) in [6.45, 7) is 1.90. The average molecular weight is 315 g/mol. The second-order valence-electron chi connectivity index (χ2n) is 5.07. The van der Waals surface area contributed by atoms with E-state index in [1.165, 1.54) is 18.4 Å². The monoisotopic (exact) mass is 315 g/mol. The fourth-order valence-electron chi connectivity index (χ4n) is 2.11. The van der Waals surface area contributed by atoms with Crippen molar-refractivity contribution < 1.29 is 18.1 Å². The van der Waals surface area contributed by atoms with E-state index in [0.29, 0.717) is 19.0 Å². The lowest BCUT2D eigenvalue weighted by molar-refractivity contribution is -0.385. The molecule has 2 heterocycles.